The number of H-pyrrole nitrogens is 1. The van der Waals surface area contributed by atoms with Crippen LogP contribution in [0.3, 0.4) is 0 Å². The molecule has 0 unspecified atom stereocenters. The van der Waals surface area contributed by atoms with E-state index in [0.29, 0.717) is 18.8 Å². The van der Waals surface area contributed by atoms with Crippen molar-refractivity contribution in [3.05, 3.63) is 51.5 Å². The summed E-state index contributed by atoms with van der Waals surface area (Å²) in [5, 5.41) is 16.2. The summed E-state index contributed by atoms with van der Waals surface area (Å²) >= 11 is 1.55. The average Bonchev–Trinajstić information content (AvgIpc) is 3.22. The Morgan fingerprint density at radius 3 is 2.96 bits per heavy atom. The Morgan fingerprint density at radius 2 is 2.26 bits per heavy atom. The fourth-order valence-electron chi connectivity index (χ4n) is 2.31. The van der Waals surface area contributed by atoms with Crippen molar-refractivity contribution in [3.8, 4) is 0 Å². The molecule has 8 heteroatoms. The molecule has 0 spiro atoms. The molecule has 0 saturated heterocycles. The Hall–Kier alpha value is -2.48. The first-order valence-corrected chi connectivity index (χ1v) is 8.26. The standard InChI is InChI=1S/C15H18N6OS/c1-10-5-11(2)21(20-10)7-13-6-14(19-18-13)15(22)16-4-3-12-8-23-9-17-12/h5-6,8-9H,3-4,7H2,1-2H3,(H,16,22)(H,18,19). The number of amides is 1. The van der Waals surface area contributed by atoms with E-state index in [2.05, 4.69) is 25.6 Å². The number of thiazole rings is 1. The van der Waals surface area contributed by atoms with Crippen molar-refractivity contribution < 1.29 is 4.79 Å². The maximum Gasteiger partial charge on any atom is 0.271 e. The highest BCUT2D eigenvalue weighted by Gasteiger charge is 2.11. The quantitative estimate of drug-likeness (QED) is 0.720. The number of carbonyl (C=O) groups is 1. The van der Waals surface area contributed by atoms with E-state index in [1.54, 1.807) is 22.9 Å². The van der Waals surface area contributed by atoms with Crippen LogP contribution in [-0.2, 0) is 13.0 Å². The largest absolute Gasteiger partial charge is 0.350 e. The molecular formula is C15H18N6OS. The van der Waals surface area contributed by atoms with Crippen LogP contribution < -0.4 is 5.32 Å². The lowest BCUT2D eigenvalue weighted by atomic mass is 10.3. The molecule has 120 valence electrons. The van der Waals surface area contributed by atoms with E-state index >= 15 is 0 Å². The number of nitrogens with one attached hydrogen (secondary N) is 2. The topological polar surface area (TPSA) is 88.5 Å². The highest BCUT2D eigenvalue weighted by atomic mass is 32.1. The second-order valence-electron chi connectivity index (χ2n) is 5.35. The molecule has 3 aromatic heterocycles. The van der Waals surface area contributed by atoms with Crippen molar-refractivity contribution in [3.63, 3.8) is 0 Å². The SMILES string of the molecule is Cc1cc(C)n(Cc2cc(C(=O)NCCc3cscn3)n[nH]2)n1. The average molecular weight is 330 g/mol. The van der Waals surface area contributed by atoms with Gasteiger partial charge in [0, 0.05) is 24.0 Å². The Kier molecular flexibility index (Phi) is 4.52. The molecule has 0 aliphatic carbocycles. The first-order valence-electron chi connectivity index (χ1n) is 7.32. The predicted molar refractivity (Wildman–Crippen MR) is 87.5 cm³/mol. The number of rotatable bonds is 6. The smallest absolute Gasteiger partial charge is 0.271 e. The molecule has 23 heavy (non-hydrogen) atoms. The molecule has 3 aromatic rings. The summed E-state index contributed by atoms with van der Waals surface area (Å²) in [5.74, 6) is -0.184. The van der Waals surface area contributed by atoms with Gasteiger partial charge in [0.1, 0.15) is 5.69 Å². The van der Waals surface area contributed by atoms with Gasteiger partial charge in [0.15, 0.2) is 0 Å². The molecule has 0 fully saturated rings. The molecule has 3 heterocycles. The molecule has 3 rings (SSSR count). The number of nitrogens with zero attached hydrogens (tertiary/aromatic N) is 4. The second kappa shape index (κ2) is 6.74. The van der Waals surface area contributed by atoms with Gasteiger partial charge in [-0.25, -0.2) is 4.98 Å². The maximum absolute atomic E-state index is 12.1. The summed E-state index contributed by atoms with van der Waals surface area (Å²) in [6.07, 6.45) is 0.721. The van der Waals surface area contributed by atoms with Gasteiger partial charge in [-0.3, -0.25) is 14.6 Å². The minimum Gasteiger partial charge on any atom is -0.350 e. The minimum absolute atomic E-state index is 0.184. The lowest BCUT2D eigenvalue weighted by Crippen LogP contribution is -2.26. The highest BCUT2D eigenvalue weighted by molar-refractivity contribution is 7.07. The molecule has 0 bridgehead atoms. The highest BCUT2D eigenvalue weighted by Crippen LogP contribution is 2.07. The zero-order valence-corrected chi connectivity index (χ0v) is 13.9. The molecule has 7 nitrogen and oxygen atoms in total. The Balaban J connectivity index is 1.55. The van der Waals surface area contributed by atoms with Crippen molar-refractivity contribution in [1.82, 2.24) is 30.3 Å². The molecule has 0 aliphatic heterocycles. The predicted octanol–water partition coefficient (Wildman–Crippen LogP) is 1.70. The van der Waals surface area contributed by atoms with Crippen molar-refractivity contribution in [2.45, 2.75) is 26.8 Å². The van der Waals surface area contributed by atoms with Gasteiger partial charge in [0.05, 0.1) is 29.1 Å². The van der Waals surface area contributed by atoms with Gasteiger partial charge in [-0.2, -0.15) is 10.2 Å². The molecule has 0 aromatic carbocycles. The van der Waals surface area contributed by atoms with Crippen LogP contribution in [0.5, 0.6) is 0 Å². The van der Waals surface area contributed by atoms with Gasteiger partial charge < -0.3 is 5.32 Å². The molecule has 1 amide bonds. The van der Waals surface area contributed by atoms with E-state index in [1.807, 2.05) is 30.0 Å². The molecule has 0 atom stereocenters. The third kappa shape index (κ3) is 3.84. The lowest BCUT2D eigenvalue weighted by molar-refractivity contribution is 0.0949. The van der Waals surface area contributed by atoms with E-state index in [4.69, 9.17) is 0 Å². The fourth-order valence-corrected chi connectivity index (χ4v) is 2.90. The van der Waals surface area contributed by atoms with Gasteiger partial charge in [-0.05, 0) is 26.0 Å². The first-order chi connectivity index (χ1) is 11.1. The number of aromatic nitrogens is 5. The Labute approximate surface area is 137 Å². The number of carbonyl (C=O) groups excluding carboxylic acids is 1. The number of aryl methyl sites for hydroxylation is 2. The van der Waals surface area contributed by atoms with Gasteiger partial charge in [0.25, 0.3) is 5.91 Å². The fraction of sp³-hybridized carbons (Fsp3) is 0.333. The van der Waals surface area contributed by atoms with Gasteiger partial charge >= 0.3 is 0 Å². The van der Waals surface area contributed by atoms with Crippen LogP contribution >= 0.6 is 11.3 Å². The summed E-state index contributed by atoms with van der Waals surface area (Å²) in [4.78, 5) is 16.3. The van der Waals surface area contributed by atoms with Crippen molar-refractivity contribution in [2.75, 3.05) is 6.54 Å². The number of aromatic amines is 1. The van der Waals surface area contributed by atoms with E-state index in [1.165, 1.54) is 0 Å². The Morgan fingerprint density at radius 1 is 1.39 bits per heavy atom. The summed E-state index contributed by atoms with van der Waals surface area (Å²) in [7, 11) is 0. The third-order valence-corrected chi connectivity index (χ3v) is 4.07. The van der Waals surface area contributed by atoms with Crippen LogP contribution in [-0.4, -0.2) is 37.4 Å². The zero-order chi connectivity index (χ0) is 16.2. The second-order valence-corrected chi connectivity index (χ2v) is 6.07. The first kappa shape index (κ1) is 15.4. The van der Waals surface area contributed by atoms with Crippen molar-refractivity contribution in [1.29, 1.82) is 0 Å². The normalized spacial score (nSPS) is 10.9. The molecule has 0 radical (unpaired) electrons. The minimum atomic E-state index is -0.184. The molecule has 0 aliphatic rings. The van der Waals surface area contributed by atoms with Crippen LogP contribution in [0, 0.1) is 13.8 Å². The number of hydrogen-bond donors (Lipinski definition) is 2. The van der Waals surface area contributed by atoms with Crippen LogP contribution in [0.25, 0.3) is 0 Å². The van der Waals surface area contributed by atoms with Gasteiger partial charge in [-0.15, -0.1) is 11.3 Å². The van der Waals surface area contributed by atoms with E-state index in [0.717, 1.165) is 29.2 Å². The van der Waals surface area contributed by atoms with Crippen molar-refractivity contribution >= 4 is 17.2 Å². The monoisotopic (exact) mass is 330 g/mol. The van der Waals surface area contributed by atoms with E-state index < -0.39 is 0 Å². The molecule has 2 N–H and O–H groups in total. The Bertz CT molecular complexity index is 789. The lowest BCUT2D eigenvalue weighted by Gasteiger charge is -2.01. The zero-order valence-electron chi connectivity index (χ0n) is 13.0. The summed E-state index contributed by atoms with van der Waals surface area (Å²) < 4.78 is 1.88. The van der Waals surface area contributed by atoms with Crippen LogP contribution in [0.2, 0.25) is 0 Å². The van der Waals surface area contributed by atoms with Crippen LogP contribution in [0.4, 0.5) is 0 Å². The summed E-state index contributed by atoms with van der Waals surface area (Å²) in [6, 6.07) is 3.77. The number of hydrogen-bond acceptors (Lipinski definition) is 5. The van der Waals surface area contributed by atoms with Crippen LogP contribution in [0.15, 0.2) is 23.0 Å². The maximum atomic E-state index is 12.1. The summed E-state index contributed by atoms with van der Waals surface area (Å²) in [6.45, 7) is 5.07. The molecule has 0 saturated carbocycles. The van der Waals surface area contributed by atoms with E-state index in [9.17, 15) is 4.79 Å². The molecular weight excluding hydrogens is 312 g/mol. The third-order valence-electron chi connectivity index (χ3n) is 3.44. The van der Waals surface area contributed by atoms with E-state index in [-0.39, 0.29) is 5.91 Å². The summed E-state index contributed by atoms with van der Waals surface area (Å²) in [5.41, 5.74) is 6.06. The van der Waals surface area contributed by atoms with Gasteiger partial charge in [-0.1, -0.05) is 0 Å². The van der Waals surface area contributed by atoms with Crippen molar-refractivity contribution in [2.24, 2.45) is 0 Å². The van der Waals surface area contributed by atoms with Crippen LogP contribution in [0.1, 0.15) is 33.3 Å². The van der Waals surface area contributed by atoms with Gasteiger partial charge in [0.2, 0.25) is 0 Å².